The van der Waals surface area contributed by atoms with Gasteiger partial charge in [0, 0.05) is 22.2 Å². The predicted octanol–water partition coefficient (Wildman–Crippen LogP) is 13.8. The Hall–Kier alpha value is -3.40. The zero-order valence-corrected chi connectivity index (χ0v) is 28.5. The minimum atomic E-state index is -0.366. The minimum Gasteiger partial charge on any atom is -0.449 e. The third-order valence-electron chi connectivity index (χ3n) is 6.00. The molecule has 0 aliphatic carbocycles. The van der Waals surface area contributed by atoms with Gasteiger partial charge in [-0.1, -0.05) is 105 Å². The van der Waals surface area contributed by atoms with Crippen LogP contribution in [0.15, 0.2) is 72.8 Å². The topological polar surface area (TPSA) is 84.5 Å². The second kappa shape index (κ2) is 14.6. The molecule has 0 atom stereocenters. The molecule has 0 aromatic heterocycles. The quantitative estimate of drug-likeness (QED) is 0.156. The van der Waals surface area contributed by atoms with Crippen LogP contribution in [0, 0.1) is 22.7 Å². The number of nitrogens with zero attached hydrogens (tertiary/aromatic N) is 2. The number of para-hydroxylation sites is 2. The third kappa shape index (κ3) is 7.11. The highest BCUT2D eigenvalue weighted by atomic mass is 35.5. The van der Waals surface area contributed by atoms with Gasteiger partial charge in [-0.2, -0.15) is 10.5 Å². The molecule has 0 saturated carbocycles. The van der Waals surface area contributed by atoms with Crippen LogP contribution in [0.25, 0.3) is 0 Å². The molecule has 230 valence electrons. The maximum absolute atomic E-state index is 10.5. The summed E-state index contributed by atoms with van der Waals surface area (Å²) in [5.41, 5.74) is -0.733. The first-order valence-corrected chi connectivity index (χ1v) is 15.6. The fourth-order valence-electron chi connectivity index (χ4n) is 3.95. The Bertz CT molecular complexity index is 1900. The van der Waals surface area contributed by atoms with E-state index < -0.39 is 0 Å². The van der Waals surface area contributed by atoms with Crippen LogP contribution in [0.5, 0.6) is 46.0 Å². The van der Waals surface area contributed by atoms with Gasteiger partial charge in [0.1, 0.15) is 34.8 Å². The zero-order valence-electron chi connectivity index (χ0n) is 22.5. The van der Waals surface area contributed by atoms with Gasteiger partial charge in [0.2, 0.25) is 11.5 Å². The van der Waals surface area contributed by atoms with Crippen LogP contribution in [0.3, 0.4) is 0 Å². The molecule has 5 rings (SSSR count). The van der Waals surface area contributed by atoms with Crippen molar-refractivity contribution in [2.24, 2.45) is 0 Å². The number of nitriles is 2. The summed E-state index contributed by atoms with van der Waals surface area (Å²) in [4.78, 5) is 0. The summed E-state index contributed by atoms with van der Waals surface area (Å²) in [5.74, 6) is -1.49. The molecule has 0 N–H and O–H groups in total. The van der Waals surface area contributed by atoms with Crippen molar-refractivity contribution < 1.29 is 18.9 Å². The normalized spacial score (nSPS) is 10.6. The van der Waals surface area contributed by atoms with Gasteiger partial charge in [-0.25, -0.2) is 0 Å². The smallest absolute Gasteiger partial charge is 0.217 e. The van der Waals surface area contributed by atoms with E-state index in [1.807, 2.05) is 12.1 Å². The largest absolute Gasteiger partial charge is 0.449 e. The molecule has 0 amide bonds. The average Bonchev–Trinajstić information content (AvgIpc) is 3.02. The lowest BCUT2D eigenvalue weighted by Crippen LogP contribution is -2.04. The lowest BCUT2D eigenvalue weighted by molar-refractivity contribution is 0.365. The number of halogens is 8. The third-order valence-corrected chi connectivity index (χ3v) is 8.29. The highest BCUT2D eigenvalue weighted by Crippen LogP contribution is 2.57. The Morgan fingerprint density at radius 3 is 1.07 bits per heavy atom. The second-order valence-electron chi connectivity index (χ2n) is 8.95. The lowest BCUT2D eigenvalue weighted by Gasteiger charge is -2.23. The molecule has 46 heavy (non-hydrogen) atoms. The predicted molar refractivity (Wildman–Crippen MR) is 182 cm³/mol. The van der Waals surface area contributed by atoms with E-state index in [0.29, 0.717) is 0 Å². The summed E-state index contributed by atoms with van der Waals surface area (Å²) in [6.07, 6.45) is 0. The molecular formula is C32H12Cl8N2O4. The summed E-state index contributed by atoms with van der Waals surface area (Å²) in [6.45, 7) is 0. The summed E-state index contributed by atoms with van der Waals surface area (Å²) in [6, 6.07) is 22.0. The van der Waals surface area contributed by atoms with Crippen LogP contribution in [0.4, 0.5) is 0 Å². The standard InChI is InChI=1S/C32H12Cl8N2O4/c33-15-7-9-19(35)25(11-15)43-31-27(45-29-21(37)3-1-4-22(29)38)17(13-41)18(14-42)28(46-30-23(39)5-2-6-24(30)40)32(31)44-26-12-16(34)8-10-20(26)36/h1-12H. The molecule has 14 heteroatoms. The van der Waals surface area contributed by atoms with Crippen molar-refractivity contribution >= 4 is 92.8 Å². The first-order valence-electron chi connectivity index (χ1n) is 12.6. The van der Waals surface area contributed by atoms with Gasteiger partial charge in [-0.15, -0.1) is 0 Å². The van der Waals surface area contributed by atoms with Crippen molar-refractivity contribution in [1.82, 2.24) is 0 Å². The summed E-state index contributed by atoms with van der Waals surface area (Å²) >= 11 is 51.2. The van der Waals surface area contributed by atoms with E-state index in [0.717, 1.165) is 0 Å². The zero-order chi connectivity index (χ0) is 33.1. The Morgan fingerprint density at radius 2 is 0.739 bits per heavy atom. The van der Waals surface area contributed by atoms with Gasteiger partial charge in [0.05, 0.1) is 30.1 Å². The van der Waals surface area contributed by atoms with Crippen LogP contribution in [0.1, 0.15) is 11.1 Å². The van der Waals surface area contributed by atoms with E-state index in [2.05, 4.69) is 0 Å². The Kier molecular flexibility index (Phi) is 10.8. The van der Waals surface area contributed by atoms with E-state index in [1.165, 1.54) is 60.7 Å². The average molecular weight is 772 g/mol. The number of hydrogen-bond acceptors (Lipinski definition) is 6. The van der Waals surface area contributed by atoms with Gasteiger partial charge in [-0.05, 0) is 48.5 Å². The molecule has 5 aromatic rings. The molecule has 0 heterocycles. The van der Waals surface area contributed by atoms with Gasteiger partial charge < -0.3 is 18.9 Å². The van der Waals surface area contributed by atoms with Gasteiger partial charge in [0.25, 0.3) is 0 Å². The molecule has 0 unspecified atom stereocenters. The van der Waals surface area contributed by atoms with E-state index in [1.54, 1.807) is 12.1 Å². The van der Waals surface area contributed by atoms with E-state index in [9.17, 15) is 10.5 Å². The molecule has 0 saturated heterocycles. The van der Waals surface area contributed by atoms with Crippen molar-refractivity contribution in [3.05, 3.63) is 124 Å². The first-order chi connectivity index (χ1) is 22.0. The van der Waals surface area contributed by atoms with Crippen molar-refractivity contribution in [3.8, 4) is 58.1 Å². The minimum absolute atomic E-state index is 0.00152. The number of benzene rings is 5. The van der Waals surface area contributed by atoms with Gasteiger partial charge in [-0.3, -0.25) is 0 Å². The molecule has 0 aliphatic rings. The molecule has 6 nitrogen and oxygen atoms in total. The number of rotatable bonds is 8. The molecule has 0 spiro atoms. The van der Waals surface area contributed by atoms with Crippen molar-refractivity contribution in [3.63, 3.8) is 0 Å². The Morgan fingerprint density at radius 1 is 0.391 bits per heavy atom. The van der Waals surface area contributed by atoms with Crippen LogP contribution < -0.4 is 18.9 Å². The summed E-state index contributed by atoms with van der Waals surface area (Å²) in [5, 5.41) is 21.9. The monoisotopic (exact) mass is 768 g/mol. The van der Waals surface area contributed by atoms with Crippen LogP contribution in [-0.4, -0.2) is 0 Å². The fraction of sp³-hybridized carbons (Fsp3) is 0. The van der Waals surface area contributed by atoms with Gasteiger partial charge in [0.15, 0.2) is 23.0 Å². The molecule has 0 bridgehead atoms. The maximum atomic E-state index is 10.5. The van der Waals surface area contributed by atoms with Crippen LogP contribution >= 0.6 is 92.8 Å². The molecule has 0 fully saturated rings. The van der Waals surface area contributed by atoms with E-state index in [4.69, 9.17) is 112 Å². The maximum Gasteiger partial charge on any atom is 0.217 e. The second-order valence-corrected chi connectivity index (χ2v) is 12.3. The highest BCUT2D eigenvalue weighted by Gasteiger charge is 2.33. The first kappa shape index (κ1) is 33.9. The molecule has 0 aliphatic heterocycles. The lowest BCUT2D eigenvalue weighted by atomic mass is 10.0. The van der Waals surface area contributed by atoms with Crippen molar-refractivity contribution in [1.29, 1.82) is 10.5 Å². The van der Waals surface area contributed by atoms with Crippen molar-refractivity contribution in [2.75, 3.05) is 0 Å². The SMILES string of the molecule is N#Cc1c(C#N)c(Oc2c(Cl)cccc2Cl)c(Oc2cc(Cl)ccc2Cl)c(Oc2cc(Cl)ccc2Cl)c1Oc1c(Cl)cccc1Cl. The van der Waals surface area contributed by atoms with Crippen LogP contribution in [-0.2, 0) is 0 Å². The number of hydrogen-bond donors (Lipinski definition) is 0. The number of ether oxygens (including phenoxy) is 4. The summed E-state index contributed by atoms with van der Waals surface area (Å²) in [7, 11) is 0. The summed E-state index contributed by atoms with van der Waals surface area (Å²) < 4.78 is 24.9. The highest BCUT2D eigenvalue weighted by molar-refractivity contribution is 6.38. The van der Waals surface area contributed by atoms with Crippen LogP contribution in [0.2, 0.25) is 40.2 Å². The molecular weight excluding hydrogens is 760 g/mol. The molecule has 5 aromatic carbocycles. The van der Waals surface area contributed by atoms with E-state index in [-0.39, 0.29) is 97.3 Å². The van der Waals surface area contributed by atoms with Crippen molar-refractivity contribution in [2.45, 2.75) is 0 Å². The fourth-order valence-corrected chi connectivity index (χ4v) is 5.53. The van der Waals surface area contributed by atoms with E-state index >= 15 is 0 Å². The Balaban J connectivity index is 1.92. The van der Waals surface area contributed by atoms with Gasteiger partial charge >= 0.3 is 0 Å². The molecule has 0 radical (unpaired) electrons. The Labute approximate surface area is 302 Å².